The van der Waals surface area contributed by atoms with Crippen LogP contribution in [0.3, 0.4) is 0 Å². The molecule has 0 spiro atoms. The van der Waals surface area contributed by atoms with E-state index in [0.29, 0.717) is 6.54 Å². The number of nitro benzene ring substituents is 1. The highest BCUT2D eigenvalue weighted by atomic mass is 32.2. The highest BCUT2D eigenvalue weighted by molar-refractivity contribution is 7.89. The van der Waals surface area contributed by atoms with E-state index in [1.165, 1.54) is 30.7 Å². The van der Waals surface area contributed by atoms with Crippen LogP contribution in [-0.4, -0.2) is 43.9 Å². The van der Waals surface area contributed by atoms with Crippen molar-refractivity contribution in [2.24, 2.45) is 0 Å². The topological polar surface area (TPSA) is 92.6 Å². The van der Waals surface area contributed by atoms with Crippen LogP contribution in [0.2, 0.25) is 0 Å². The predicted octanol–water partition coefficient (Wildman–Crippen LogP) is 1.75. The molecule has 0 unspecified atom stereocenters. The molecule has 1 heterocycles. The van der Waals surface area contributed by atoms with E-state index in [2.05, 4.69) is 9.62 Å². The summed E-state index contributed by atoms with van der Waals surface area (Å²) in [5.74, 6) is 0. The molecule has 8 heteroatoms. The van der Waals surface area contributed by atoms with Crippen LogP contribution in [0.5, 0.6) is 0 Å². The Morgan fingerprint density at radius 1 is 1.23 bits per heavy atom. The number of nitro groups is 1. The molecule has 2 rings (SSSR count). The quantitative estimate of drug-likeness (QED) is 0.635. The first-order chi connectivity index (χ1) is 10.4. The number of piperidine rings is 1. The van der Waals surface area contributed by atoms with E-state index < -0.39 is 14.9 Å². The molecule has 1 aliphatic rings. The number of rotatable bonds is 6. The highest BCUT2D eigenvalue weighted by Crippen LogP contribution is 2.16. The summed E-state index contributed by atoms with van der Waals surface area (Å²) in [6, 6.07) is 4.70. The zero-order chi connectivity index (χ0) is 16.2. The van der Waals surface area contributed by atoms with Crippen LogP contribution in [0, 0.1) is 10.1 Å². The molecule has 0 aliphatic carbocycles. The van der Waals surface area contributed by atoms with Gasteiger partial charge in [-0.15, -0.1) is 0 Å². The van der Waals surface area contributed by atoms with Crippen molar-refractivity contribution in [1.29, 1.82) is 0 Å². The maximum absolute atomic E-state index is 12.3. The lowest BCUT2D eigenvalue weighted by Gasteiger charge is -2.29. The summed E-state index contributed by atoms with van der Waals surface area (Å²) >= 11 is 0. The van der Waals surface area contributed by atoms with Crippen LogP contribution in [0.4, 0.5) is 5.69 Å². The van der Waals surface area contributed by atoms with Gasteiger partial charge in [-0.1, -0.05) is 6.42 Å². The van der Waals surface area contributed by atoms with Crippen molar-refractivity contribution < 1.29 is 13.3 Å². The lowest BCUT2D eigenvalue weighted by Crippen LogP contribution is -2.43. The molecule has 0 saturated carbocycles. The predicted molar refractivity (Wildman–Crippen MR) is 83.2 cm³/mol. The Bertz CT molecular complexity index is 609. The number of likely N-dealkylation sites (tertiary alicyclic amines) is 1. The third-order valence-electron chi connectivity index (χ3n) is 3.69. The van der Waals surface area contributed by atoms with Gasteiger partial charge in [0, 0.05) is 24.7 Å². The summed E-state index contributed by atoms with van der Waals surface area (Å²) in [6.07, 6.45) is 3.54. The first-order valence-electron chi connectivity index (χ1n) is 7.37. The second-order valence-corrected chi connectivity index (χ2v) is 7.35. The molecule has 0 radical (unpaired) electrons. The minimum Gasteiger partial charge on any atom is -0.302 e. The Labute approximate surface area is 130 Å². The minimum absolute atomic E-state index is 0.0450. The number of nitrogens with one attached hydrogen (secondary N) is 1. The molecule has 1 fully saturated rings. The molecule has 0 amide bonds. The summed E-state index contributed by atoms with van der Waals surface area (Å²) < 4.78 is 27.2. The van der Waals surface area contributed by atoms with Crippen molar-refractivity contribution in [3.05, 3.63) is 34.4 Å². The second kappa shape index (κ2) is 7.17. The van der Waals surface area contributed by atoms with Crippen LogP contribution < -0.4 is 4.72 Å². The normalized spacial score (nSPS) is 18.0. The molecule has 7 nitrogen and oxygen atoms in total. The van der Waals surface area contributed by atoms with Gasteiger partial charge >= 0.3 is 0 Å². The van der Waals surface area contributed by atoms with Crippen LogP contribution >= 0.6 is 0 Å². The molecule has 1 atom stereocenters. The average molecular weight is 327 g/mol. The van der Waals surface area contributed by atoms with E-state index in [1.54, 1.807) is 0 Å². The van der Waals surface area contributed by atoms with Gasteiger partial charge in [-0.25, -0.2) is 13.1 Å². The number of nitrogens with zero attached hydrogens (tertiary/aromatic N) is 2. The molecular weight excluding hydrogens is 306 g/mol. The Morgan fingerprint density at radius 2 is 1.82 bits per heavy atom. The van der Waals surface area contributed by atoms with Crippen LogP contribution in [0.25, 0.3) is 0 Å². The summed E-state index contributed by atoms with van der Waals surface area (Å²) in [6.45, 7) is 4.51. The zero-order valence-electron chi connectivity index (χ0n) is 12.6. The lowest BCUT2D eigenvalue weighted by atomic mass is 10.1. The van der Waals surface area contributed by atoms with Crippen molar-refractivity contribution in [3.8, 4) is 0 Å². The number of hydrogen-bond donors (Lipinski definition) is 1. The van der Waals surface area contributed by atoms with Gasteiger partial charge in [0.25, 0.3) is 5.69 Å². The monoisotopic (exact) mass is 327 g/mol. The molecule has 22 heavy (non-hydrogen) atoms. The largest absolute Gasteiger partial charge is 0.302 e. The van der Waals surface area contributed by atoms with Crippen molar-refractivity contribution in [2.75, 3.05) is 19.6 Å². The number of sulfonamides is 1. The maximum Gasteiger partial charge on any atom is 0.269 e. The average Bonchev–Trinajstić information content (AvgIpc) is 2.47. The van der Waals surface area contributed by atoms with Crippen molar-refractivity contribution in [1.82, 2.24) is 9.62 Å². The third kappa shape index (κ3) is 4.49. The zero-order valence-corrected chi connectivity index (χ0v) is 13.4. The minimum atomic E-state index is -3.65. The third-order valence-corrected chi connectivity index (χ3v) is 5.30. The van der Waals surface area contributed by atoms with E-state index in [0.717, 1.165) is 25.9 Å². The Hall–Kier alpha value is -1.51. The first-order valence-corrected chi connectivity index (χ1v) is 8.86. The highest BCUT2D eigenvalue weighted by Gasteiger charge is 2.20. The van der Waals surface area contributed by atoms with E-state index in [4.69, 9.17) is 0 Å². The molecule has 1 aliphatic heterocycles. The second-order valence-electron chi connectivity index (χ2n) is 5.63. The van der Waals surface area contributed by atoms with E-state index in [1.807, 2.05) is 6.92 Å². The molecule has 0 bridgehead atoms. The van der Waals surface area contributed by atoms with Crippen molar-refractivity contribution in [3.63, 3.8) is 0 Å². The van der Waals surface area contributed by atoms with Crippen LogP contribution in [-0.2, 0) is 10.0 Å². The summed E-state index contributed by atoms with van der Waals surface area (Å²) in [5.41, 5.74) is -0.125. The van der Waals surface area contributed by atoms with E-state index >= 15 is 0 Å². The molecular formula is C14H21N3O4S. The maximum atomic E-state index is 12.3. The van der Waals surface area contributed by atoms with E-state index in [9.17, 15) is 18.5 Å². The fourth-order valence-electron chi connectivity index (χ4n) is 2.65. The smallest absolute Gasteiger partial charge is 0.269 e. The molecule has 1 aromatic carbocycles. The molecule has 122 valence electrons. The fourth-order valence-corrected chi connectivity index (χ4v) is 3.88. The van der Waals surface area contributed by atoms with Crippen molar-refractivity contribution in [2.45, 2.75) is 37.1 Å². The number of benzene rings is 1. The van der Waals surface area contributed by atoms with Gasteiger partial charge in [-0.3, -0.25) is 10.1 Å². The Morgan fingerprint density at radius 3 is 2.36 bits per heavy atom. The number of hydrogen-bond acceptors (Lipinski definition) is 5. The van der Waals surface area contributed by atoms with Gasteiger partial charge in [0.15, 0.2) is 0 Å². The van der Waals surface area contributed by atoms with Gasteiger partial charge in [0.05, 0.1) is 9.82 Å². The van der Waals surface area contributed by atoms with Gasteiger partial charge in [0.1, 0.15) is 0 Å². The Balaban J connectivity index is 1.98. The lowest BCUT2D eigenvalue weighted by molar-refractivity contribution is -0.384. The summed E-state index contributed by atoms with van der Waals surface area (Å²) in [4.78, 5) is 12.3. The fraction of sp³-hybridized carbons (Fsp3) is 0.571. The van der Waals surface area contributed by atoms with Gasteiger partial charge in [-0.2, -0.15) is 0 Å². The first kappa shape index (κ1) is 16.9. The summed E-state index contributed by atoms with van der Waals surface area (Å²) in [5, 5.41) is 10.6. The Kier molecular flexibility index (Phi) is 5.49. The molecule has 1 saturated heterocycles. The van der Waals surface area contributed by atoms with Gasteiger partial charge in [-0.05, 0) is 45.0 Å². The SMILES string of the molecule is C[C@@H](CN1CCCCC1)NS(=O)(=O)c1ccc([N+](=O)[O-])cc1. The molecule has 1 aromatic rings. The summed E-state index contributed by atoms with van der Waals surface area (Å²) in [7, 11) is -3.65. The molecule has 0 aromatic heterocycles. The molecule has 1 N–H and O–H groups in total. The number of non-ortho nitro benzene ring substituents is 1. The van der Waals surface area contributed by atoms with Crippen LogP contribution in [0.15, 0.2) is 29.2 Å². The standard InChI is InChI=1S/C14H21N3O4S/c1-12(11-16-9-3-2-4-10-16)15-22(20,21)14-7-5-13(6-8-14)17(18)19/h5-8,12,15H,2-4,9-11H2,1H3/t12-/m0/s1. The van der Waals surface area contributed by atoms with Crippen molar-refractivity contribution >= 4 is 15.7 Å². The van der Waals surface area contributed by atoms with Gasteiger partial charge in [0.2, 0.25) is 10.0 Å². The van der Waals surface area contributed by atoms with Gasteiger partial charge < -0.3 is 4.90 Å². The van der Waals surface area contributed by atoms with Crippen LogP contribution in [0.1, 0.15) is 26.2 Å². The van der Waals surface area contributed by atoms with E-state index in [-0.39, 0.29) is 16.6 Å².